The molecule has 2 saturated heterocycles. The van der Waals surface area contributed by atoms with E-state index in [9.17, 15) is 4.79 Å². The molecule has 2 heterocycles. The number of likely N-dealkylation sites (tertiary alicyclic amines) is 2. The minimum Gasteiger partial charge on any atom is -0.346 e. The molecule has 0 aromatic heterocycles. The topological polar surface area (TPSA) is 52.8 Å². The van der Waals surface area contributed by atoms with Crippen LogP contribution in [0.15, 0.2) is 0 Å². The highest BCUT2D eigenvalue weighted by Gasteiger charge is 2.29. The second-order valence-corrected chi connectivity index (χ2v) is 9.18. The smallest absolute Gasteiger partial charge is 0.222 e. The van der Waals surface area contributed by atoms with E-state index in [0.717, 1.165) is 31.3 Å². The quantitative estimate of drug-likeness (QED) is 0.785. The first-order valence-corrected chi connectivity index (χ1v) is 10.9. The van der Waals surface area contributed by atoms with Crippen LogP contribution in [0.1, 0.15) is 57.8 Å². The Bertz CT molecular complexity index is 441. The summed E-state index contributed by atoms with van der Waals surface area (Å²) in [4.78, 5) is 19.6. The predicted octanol–water partition coefficient (Wildman–Crippen LogP) is 2.16. The zero-order chi connectivity index (χ0) is 18.5. The molecule has 150 valence electrons. The van der Waals surface area contributed by atoms with Crippen molar-refractivity contribution in [1.29, 1.82) is 0 Å². The van der Waals surface area contributed by atoms with Crippen LogP contribution < -0.4 is 5.73 Å². The van der Waals surface area contributed by atoms with E-state index in [0.29, 0.717) is 18.2 Å². The van der Waals surface area contributed by atoms with Gasteiger partial charge in [0.2, 0.25) is 5.91 Å². The van der Waals surface area contributed by atoms with Gasteiger partial charge < -0.3 is 20.4 Å². The second-order valence-electron chi connectivity index (χ2n) is 9.18. The number of carbonyl (C=O) groups excluding carboxylic acids is 1. The maximum absolute atomic E-state index is 12.5. The van der Waals surface area contributed by atoms with Crippen LogP contribution in [0.4, 0.5) is 0 Å². The number of hydrogen-bond donors (Lipinski definition) is 1. The average Bonchev–Trinajstić information content (AvgIpc) is 3.05. The average molecular weight is 365 g/mol. The molecule has 5 heteroatoms. The second kappa shape index (κ2) is 9.52. The highest BCUT2D eigenvalue weighted by atomic mass is 16.2. The molecule has 3 rings (SSSR count). The van der Waals surface area contributed by atoms with E-state index in [4.69, 9.17) is 5.73 Å². The van der Waals surface area contributed by atoms with Crippen LogP contribution in [0.2, 0.25) is 0 Å². The van der Waals surface area contributed by atoms with Gasteiger partial charge in [-0.2, -0.15) is 0 Å². The lowest BCUT2D eigenvalue weighted by Gasteiger charge is -2.41. The predicted molar refractivity (Wildman–Crippen MR) is 107 cm³/mol. The van der Waals surface area contributed by atoms with Crippen molar-refractivity contribution in [3.8, 4) is 0 Å². The molecule has 5 nitrogen and oxygen atoms in total. The molecule has 2 N–H and O–H groups in total. The Kier molecular flexibility index (Phi) is 7.35. The first kappa shape index (κ1) is 20.1. The summed E-state index contributed by atoms with van der Waals surface area (Å²) in [6.45, 7) is 5.94. The number of carbonyl (C=O) groups is 1. The lowest BCUT2D eigenvalue weighted by molar-refractivity contribution is -0.131. The van der Waals surface area contributed by atoms with Gasteiger partial charge in [0.15, 0.2) is 0 Å². The molecule has 0 bridgehead atoms. The van der Waals surface area contributed by atoms with E-state index >= 15 is 0 Å². The Morgan fingerprint density at radius 2 is 1.73 bits per heavy atom. The Balaban J connectivity index is 1.32. The lowest BCUT2D eigenvalue weighted by atomic mass is 9.91. The van der Waals surface area contributed by atoms with Gasteiger partial charge in [0.25, 0.3) is 0 Å². The molecule has 3 fully saturated rings. The summed E-state index contributed by atoms with van der Waals surface area (Å²) < 4.78 is 0. The van der Waals surface area contributed by atoms with E-state index in [1.54, 1.807) is 0 Å². The van der Waals surface area contributed by atoms with Gasteiger partial charge in [-0.15, -0.1) is 0 Å². The van der Waals surface area contributed by atoms with Gasteiger partial charge in [-0.3, -0.25) is 4.79 Å². The van der Waals surface area contributed by atoms with Crippen molar-refractivity contribution in [2.45, 2.75) is 69.9 Å². The number of hydrogen-bond acceptors (Lipinski definition) is 4. The summed E-state index contributed by atoms with van der Waals surface area (Å²) in [6, 6.07) is 1.06. The van der Waals surface area contributed by atoms with E-state index < -0.39 is 0 Å². The largest absolute Gasteiger partial charge is 0.346 e. The van der Waals surface area contributed by atoms with Crippen LogP contribution in [-0.2, 0) is 4.79 Å². The zero-order valence-electron chi connectivity index (χ0n) is 17.0. The third kappa shape index (κ3) is 5.43. The van der Waals surface area contributed by atoms with Crippen LogP contribution in [0.25, 0.3) is 0 Å². The third-order valence-corrected chi connectivity index (χ3v) is 7.31. The Labute approximate surface area is 160 Å². The summed E-state index contributed by atoms with van der Waals surface area (Å²) in [7, 11) is 4.22. The zero-order valence-corrected chi connectivity index (χ0v) is 17.0. The molecule has 26 heavy (non-hydrogen) atoms. The van der Waals surface area contributed by atoms with E-state index in [2.05, 4.69) is 16.8 Å². The summed E-state index contributed by atoms with van der Waals surface area (Å²) in [6.07, 6.45) is 10.5. The Morgan fingerprint density at radius 3 is 2.35 bits per heavy atom. The summed E-state index contributed by atoms with van der Waals surface area (Å²) in [5.74, 6) is 1.51. The fourth-order valence-electron chi connectivity index (χ4n) is 5.17. The number of amides is 1. The molecule has 2 aliphatic heterocycles. The summed E-state index contributed by atoms with van der Waals surface area (Å²) in [5.41, 5.74) is 6.12. The molecule has 0 spiro atoms. The fraction of sp³-hybridized carbons (Fsp3) is 0.952. The maximum Gasteiger partial charge on any atom is 0.222 e. The maximum atomic E-state index is 12.5. The van der Waals surface area contributed by atoms with Crippen LogP contribution >= 0.6 is 0 Å². The molecule has 2 atom stereocenters. The molecule has 0 unspecified atom stereocenters. The SMILES string of the molecule is CN1CCC(N2CCC(CCN(C)C(=O)C[C@@H]3CCC[C@H]3N)CC2)CC1. The van der Waals surface area contributed by atoms with Crippen molar-refractivity contribution in [2.75, 3.05) is 46.8 Å². The van der Waals surface area contributed by atoms with Crippen LogP contribution in [-0.4, -0.2) is 79.5 Å². The molecule has 1 saturated carbocycles. The minimum atomic E-state index is 0.247. The normalized spacial score (nSPS) is 30.0. The monoisotopic (exact) mass is 364 g/mol. The van der Waals surface area contributed by atoms with Crippen molar-refractivity contribution in [1.82, 2.24) is 14.7 Å². The van der Waals surface area contributed by atoms with Crippen molar-refractivity contribution >= 4 is 5.91 Å². The molecule has 0 aromatic carbocycles. The standard InChI is InChI=1S/C21H40N4O/c1-23-11-9-19(10-12-23)25-14-7-17(8-15-25)6-13-24(2)21(26)16-18-4-3-5-20(18)22/h17-20H,3-16,22H2,1-2H3/t18-,20+/m0/s1. The van der Waals surface area contributed by atoms with Gasteiger partial charge >= 0.3 is 0 Å². The van der Waals surface area contributed by atoms with Gasteiger partial charge in [-0.1, -0.05) is 6.42 Å². The van der Waals surface area contributed by atoms with Gasteiger partial charge in [-0.25, -0.2) is 0 Å². The van der Waals surface area contributed by atoms with Gasteiger partial charge in [0, 0.05) is 32.1 Å². The number of rotatable bonds is 6. The number of nitrogens with zero attached hydrogens (tertiary/aromatic N) is 3. The van der Waals surface area contributed by atoms with E-state index in [1.165, 1.54) is 64.7 Å². The first-order valence-electron chi connectivity index (χ1n) is 10.9. The lowest BCUT2D eigenvalue weighted by Crippen LogP contribution is -2.47. The fourth-order valence-corrected chi connectivity index (χ4v) is 5.17. The molecule has 0 radical (unpaired) electrons. The minimum absolute atomic E-state index is 0.247. The summed E-state index contributed by atoms with van der Waals surface area (Å²) in [5, 5.41) is 0. The van der Waals surface area contributed by atoms with Crippen LogP contribution in [0, 0.1) is 11.8 Å². The highest BCUT2D eigenvalue weighted by molar-refractivity contribution is 5.76. The first-order chi connectivity index (χ1) is 12.5. The van der Waals surface area contributed by atoms with Crippen molar-refractivity contribution in [3.63, 3.8) is 0 Å². The van der Waals surface area contributed by atoms with Gasteiger partial charge in [-0.05, 0) is 90.0 Å². The molecule has 0 aromatic rings. The highest BCUT2D eigenvalue weighted by Crippen LogP contribution is 2.28. The van der Waals surface area contributed by atoms with E-state index in [-0.39, 0.29) is 6.04 Å². The molecular weight excluding hydrogens is 324 g/mol. The molecule has 1 amide bonds. The van der Waals surface area contributed by atoms with Crippen LogP contribution in [0.5, 0.6) is 0 Å². The van der Waals surface area contributed by atoms with Crippen LogP contribution in [0.3, 0.4) is 0 Å². The molecule has 1 aliphatic carbocycles. The number of piperidine rings is 2. The third-order valence-electron chi connectivity index (χ3n) is 7.31. The van der Waals surface area contributed by atoms with Gasteiger partial charge in [0.1, 0.15) is 0 Å². The number of nitrogens with two attached hydrogens (primary N) is 1. The Hall–Kier alpha value is -0.650. The van der Waals surface area contributed by atoms with E-state index in [1.807, 2.05) is 11.9 Å². The molecular formula is C21H40N4O. The van der Waals surface area contributed by atoms with Crippen molar-refractivity contribution in [2.24, 2.45) is 17.6 Å². The van der Waals surface area contributed by atoms with Crippen molar-refractivity contribution < 1.29 is 4.79 Å². The van der Waals surface area contributed by atoms with Gasteiger partial charge in [0.05, 0.1) is 0 Å². The Morgan fingerprint density at radius 1 is 1.04 bits per heavy atom. The van der Waals surface area contributed by atoms with Crippen molar-refractivity contribution in [3.05, 3.63) is 0 Å². The molecule has 3 aliphatic rings. The summed E-state index contributed by atoms with van der Waals surface area (Å²) >= 11 is 0.